The van der Waals surface area contributed by atoms with Crippen LogP contribution in [0.4, 0.5) is 0 Å². The number of nitrogens with one attached hydrogen (secondary N) is 1. The summed E-state index contributed by atoms with van der Waals surface area (Å²) in [7, 11) is 0. The molecule has 1 saturated heterocycles. The molecule has 0 saturated carbocycles. The normalized spacial score (nSPS) is 28.5. The van der Waals surface area contributed by atoms with Gasteiger partial charge in [-0.15, -0.1) is 0 Å². The Balaban J connectivity index is 1.69. The van der Waals surface area contributed by atoms with E-state index < -0.39 is 0 Å². The van der Waals surface area contributed by atoms with E-state index in [1.807, 2.05) is 6.07 Å². The van der Waals surface area contributed by atoms with Crippen molar-refractivity contribution in [2.75, 3.05) is 6.54 Å². The molecule has 0 amide bonds. The van der Waals surface area contributed by atoms with Crippen LogP contribution in [0.15, 0.2) is 60.7 Å². The van der Waals surface area contributed by atoms with Crippen LogP contribution in [0, 0.1) is 11.8 Å². The van der Waals surface area contributed by atoms with Gasteiger partial charge in [0, 0.05) is 18.5 Å². The van der Waals surface area contributed by atoms with Crippen LogP contribution in [-0.4, -0.2) is 12.6 Å². The lowest BCUT2D eigenvalue weighted by Gasteiger charge is -2.41. The van der Waals surface area contributed by atoms with E-state index in [9.17, 15) is 0 Å². The summed E-state index contributed by atoms with van der Waals surface area (Å²) in [5.41, 5.74) is 2.60. The van der Waals surface area contributed by atoms with Crippen LogP contribution in [0.25, 0.3) is 0 Å². The molecule has 1 heterocycles. The Bertz CT molecular complexity index is 569. The van der Waals surface area contributed by atoms with Crippen molar-refractivity contribution in [2.45, 2.75) is 32.6 Å². The molecule has 1 fully saturated rings. The number of rotatable bonds is 4. The summed E-state index contributed by atoms with van der Waals surface area (Å²) in [6.45, 7) is 6.28. The third-order valence-electron chi connectivity index (χ3n) is 4.71. The molecule has 0 aromatic heterocycles. The Morgan fingerprint density at radius 2 is 1.59 bits per heavy atom. The van der Waals surface area contributed by atoms with Crippen molar-refractivity contribution < 1.29 is 4.74 Å². The van der Waals surface area contributed by atoms with Crippen molar-refractivity contribution in [1.82, 2.24) is 5.32 Å². The summed E-state index contributed by atoms with van der Waals surface area (Å²) in [4.78, 5) is 0. The van der Waals surface area contributed by atoms with Gasteiger partial charge in [0.2, 0.25) is 0 Å². The van der Waals surface area contributed by atoms with Crippen LogP contribution in [0.1, 0.15) is 31.0 Å². The molecule has 22 heavy (non-hydrogen) atoms. The van der Waals surface area contributed by atoms with E-state index in [4.69, 9.17) is 4.74 Å². The summed E-state index contributed by atoms with van der Waals surface area (Å²) < 4.78 is 6.31. The number of ether oxygens (including phenoxy) is 1. The highest BCUT2D eigenvalue weighted by Crippen LogP contribution is 2.33. The van der Waals surface area contributed by atoms with Gasteiger partial charge in [-0.05, 0) is 17.0 Å². The first-order chi connectivity index (χ1) is 10.8. The third kappa shape index (κ3) is 3.40. The largest absolute Gasteiger partial charge is 0.373 e. The zero-order chi connectivity index (χ0) is 15.4. The fourth-order valence-corrected chi connectivity index (χ4v) is 3.49. The Labute approximate surface area is 133 Å². The van der Waals surface area contributed by atoms with E-state index in [2.05, 4.69) is 73.8 Å². The molecular weight excluding hydrogens is 270 g/mol. The molecule has 4 atom stereocenters. The predicted molar refractivity (Wildman–Crippen MR) is 90.5 cm³/mol. The van der Waals surface area contributed by atoms with Crippen LogP contribution in [0.3, 0.4) is 0 Å². The summed E-state index contributed by atoms with van der Waals surface area (Å²) in [6.07, 6.45) is 0.284. The minimum absolute atomic E-state index is 0.284. The summed E-state index contributed by atoms with van der Waals surface area (Å²) in [5.74, 6) is 0.980. The molecule has 2 heteroatoms. The summed E-state index contributed by atoms with van der Waals surface area (Å²) in [5, 5.41) is 3.68. The zero-order valence-corrected chi connectivity index (χ0v) is 13.4. The molecule has 0 bridgehead atoms. The topological polar surface area (TPSA) is 21.3 Å². The van der Waals surface area contributed by atoms with E-state index in [1.54, 1.807) is 0 Å². The lowest BCUT2D eigenvalue weighted by molar-refractivity contribution is -0.0555. The smallest absolute Gasteiger partial charge is 0.0720 e. The Hall–Kier alpha value is -1.64. The van der Waals surface area contributed by atoms with Gasteiger partial charge in [-0.2, -0.15) is 0 Å². The predicted octanol–water partition coefficient (Wildman–Crippen LogP) is 4.19. The fourth-order valence-electron chi connectivity index (χ4n) is 3.49. The average molecular weight is 295 g/mol. The maximum atomic E-state index is 6.31. The van der Waals surface area contributed by atoms with Gasteiger partial charge in [-0.3, -0.25) is 0 Å². The average Bonchev–Trinajstić information content (AvgIpc) is 2.56. The zero-order valence-electron chi connectivity index (χ0n) is 13.4. The Kier molecular flexibility index (Phi) is 4.91. The molecule has 0 unspecified atom stereocenters. The molecule has 116 valence electrons. The van der Waals surface area contributed by atoms with Gasteiger partial charge in [0.05, 0.1) is 12.7 Å². The minimum Gasteiger partial charge on any atom is -0.373 e. The van der Waals surface area contributed by atoms with Crippen molar-refractivity contribution in [3.63, 3.8) is 0 Å². The van der Waals surface area contributed by atoms with Crippen molar-refractivity contribution in [1.29, 1.82) is 0 Å². The Morgan fingerprint density at radius 1 is 0.955 bits per heavy atom. The van der Waals surface area contributed by atoms with Crippen LogP contribution in [0.2, 0.25) is 0 Å². The maximum Gasteiger partial charge on any atom is 0.0720 e. The molecular formula is C20H25NO. The number of hydrogen-bond donors (Lipinski definition) is 1. The van der Waals surface area contributed by atoms with E-state index in [1.165, 1.54) is 11.1 Å². The molecule has 1 aliphatic rings. The molecule has 0 spiro atoms. The van der Waals surface area contributed by atoms with Crippen LogP contribution >= 0.6 is 0 Å². The van der Waals surface area contributed by atoms with E-state index in [0.29, 0.717) is 24.5 Å². The number of piperidine rings is 1. The lowest BCUT2D eigenvalue weighted by atomic mass is 9.80. The van der Waals surface area contributed by atoms with Gasteiger partial charge in [0.1, 0.15) is 0 Å². The highest BCUT2D eigenvalue weighted by molar-refractivity contribution is 5.21. The second-order valence-electron chi connectivity index (χ2n) is 6.39. The van der Waals surface area contributed by atoms with Gasteiger partial charge in [-0.25, -0.2) is 0 Å². The van der Waals surface area contributed by atoms with Crippen molar-refractivity contribution in [3.8, 4) is 0 Å². The first-order valence-electron chi connectivity index (χ1n) is 8.19. The van der Waals surface area contributed by atoms with E-state index in [-0.39, 0.29) is 6.10 Å². The van der Waals surface area contributed by atoms with Gasteiger partial charge < -0.3 is 10.1 Å². The van der Waals surface area contributed by atoms with E-state index >= 15 is 0 Å². The molecule has 1 N–H and O–H groups in total. The molecule has 3 rings (SSSR count). The molecule has 2 nitrogen and oxygen atoms in total. The van der Waals surface area contributed by atoms with Crippen molar-refractivity contribution in [2.24, 2.45) is 11.8 Å². The number of hydrogen-bond acceptors (Lipinski definition) is 2. The van der Waals surface area contributed by atoms with Gasteiger partial charge in [0.25, 0.3) is 0 Å². The summed E-state index contributed by atoms with van der Waals surface area (Å²) in [6, 6.07) is 21.5. The second kappa shape index (κ2) is 7.08. The molecule has 2 aromatic carbocycles. The van der Waals surface area contributed by atoms with Crippen molar-refractivity contribution >= 4 is 0 Å². The van der Waals surface area contributed by atoms with Crippen LogP contribution in [0.5, 0.6) is 0 Å². The molecule has 2 aromatic rings. The highest BCUT2D eigenvalue weighted by Gasteiger charge is 2.35. The third-order valence-corrected chi connectivity index (χ3v) is 4.71. The molecule has 0 aliphatic carbocycles. The fraction of sp³-hybridized carbons (Fsp3) is 0.400. The number of benzene rings is 2. The van der Waals surface area contributed by atoms with Crippen molar-refractivity contribution in [3.05, 3.63) is 71.8 Å². The monoisotopic (exact) mass is 295 g/mol. The second-order valence-corrected chi connectivity index (χ2v) is 6.39. The maximum absolute atomic E-state index is 6.31. The lowest BCUT2D eigenvalue weighted by Crippen LogP contribution is -2.48. The molecule has 0 radical (unpaired) electrons. The molecule has 1 aliphatic heterocycles. The van der Waals surface area contributed by atoms with Gasteiger partial charge in [0.15, 0.2) is 0 Å². The quantitative estimate of drug-likeness (QED) is 0.913. The summed E-state index contributed by atoms with van der Waals surface area (Å²) >= 11 is 0. The first-order valence-corrected chi connectivity index (χ1v) is 8.19. The standard InChI is InChI=1S/C20H25NO/c1-15-13-21-19(18-11-7-4-8-12-18)16(2)20(15)22-14-17-9-5-3-6-10-17/h3-12,15-16,19-21H,13-14H2,1-2H3/t15-,16-,19+,20-/m1/s1. The van der Waals surface area contributed by atoms with Crippen LogP contribution in [-0.2, 0) is 11.3 Å². The first kappa shape index (κ1) is 15.3. The van der Waals surface area contributed by atoms with Gasteiger partial charge >= 0.3 is 0 Å². The SMILES string of the molecule is C[C@H]1[C@H](OCc2ccccc2)[C@H](C)CN[C@@H]1c1ccccc1. The van der Waals surface area contributed by atoms with E-state index in [0.717, 1.165) is 6.54 Å². The van der Waals surface area contributed by atoms with Gasteiger partial charge in [-0.1, -0.05) is 74.5 Å². The Morgan fingerprint density at radius 3 is 2.27 bits per heavy atom. The minimum atomic E-state index is 0.284. The van der Waals surface area contributed by atoms with Crippen LogP contribution < -0.4 is 5.32 Å². The highest BCUT2D eigenvalue weighted by atomic mass is 16.5.